The Balaban J connectivity index is 2.26. The van der Waals surface area contributed by atoms with Gasteiger partial charge in [0, 0.05) is 32.0 Å². The number of aromatic nitrogens is 1. The van der Waals surface area contributed by atoms with Gasteiger partial charge in [0.25, 0.3) is 0 Å². The van der Waals surface area contributed by atoms with Crippen LogP contribution in [0.3, 0.4) is 0 Å². The second-order valence-electron chi connectivity index (χ2n) is 5.58. The summed E-state index contributed by atoms with van der Waals surface area (Å²) in [6, 6.07) is 1.74. The molecule has 1 aromatic rings. The van der Waals surface area contributed by atoms with E-state index >= 15 is 0 Å². The Labute approximate surface area is 127 Å². The number of rotatable bonds is 6. The largest absolute Gasteiger partial charge is 0.384 e. The summed E-state index contributed by atoms with van der Waals surface area (Å²) in [6.07, 6.45) is 7.13. The van der Waals surface area contributed by atoms with E-state index in [0.29, 0.717) is 29.6 Å². The molecule has 1 atom stereocenters. The molecule has 1 aliphatic rings. The van der Waals surface area contributed by atoms with Gasteiger partial charge in [-0.1, -0.05) is 20.3 Å². The van der Waals surface area contributed by atoms with E-state index in [4.69, 9.17) is 0 Å². The standard InChI is InChI=1S/C15H25N3O2S/c1-3-8-17-14-7-9-16-11-15(14)21(19,20)18-10-5-6-13(4-2)12-18/h7,9,11,13H,3-6,8,10,12H2,1-2H3,(H,16,17). The fourth-order valence-corrected chi connectivity index (χ4v) is 4.38. The van der Waals surface area contributed by atoms with Crippen LogP contribution in [0.1, 0.15) is 39.5 Å². The lowest BCUT2D eigenvalue weighted by atomic mass is 9.97. The summed E-state index contributed by atoms with van der Waals surface area (Å²) in [5, 5.41) is 3.19. The number of nitrogens with one attached hydrogen (secondary N) is 1. The minimum atomic E-state index is -3.46. The van der Waals surface area contributed by atoms with Crippen molar-refractivity contribution in [2.24, 2.45) is 5.92 Å². The molecule has 118 valence electrons. The second kappa shape index (κ2) is 7.22. The quantitative estimate of drug-likeness (QED) is 0.877. The molecule has 6 heteroatoms. The number of hydrogen-bond donors (Lipinski definition) is 1. The SMILES string of the molecule is CCCNc1ccncc1S(=O)(=O)N1CCCC(CC)C1. The molecule has 0 amide bonds. The first kappa shape index (κ1) is 16.2. The van der Waals surface area contributed by atoms with Crippen molar-refractivity contribution >= 4 is 15.7 Å². The van der Waals surface area contributed by atoms with Crippen LogP contribution < -0.4 is 5.32 Å². The van der Waals surface area contributed by atoms with E-state index in [2.05, 4.69) is 24.1 Å². The second-order valence-corrected chi connectivity index (χ2v) is 7.48. The van der Waals surface area contributed by atoms with Gasteiger partial charge < -0.3 is 5.32 Å². The van der Waals surface area contributed by atoms with Crippen molar-refractivity contribution < 1.29 is 8.42 Å². The molecule has 2 heterocycles. The minimum Gasteiger partial charge on any atom is -0.384 e. The molecular weight excluding hydrogens is 286 g/mol. The zero-order valence-corrected chi connectivity index (χ0v) is 13.7. The lowest BCUT2D eigenvalue weighted by Crippen LogP contribution is -2.40. The van der Waals surface area contributed by atoms with Crippen LogP contribution in [0.4, 0.5) is 5.69 Å². The average Bonchev–Trinajstić information content (AvgIpc) is 2.53. The third kappa shape index (κ3) is 3.74. The Morgan fingerprint density at radius 3 is 2.95 bits per heavy atom. The molecule has 1 fully saturated rings. The Hall–Kier alpha value is -1.14. The summed E-state index contributed by atoms with van der Waals surface area (Å²) in [5.74, 6) is 0.470. The number of hydrogen-bond acceptors (Lipinski definition) is 4. The molecule has 2 rings (SSSR count). The predicted octanol–water partition coefficient (Wildman–Crippen LogP) is 2.71. The number of sulfonamides is 1. The van der Waals surface area contributed by atoms with Crippen molar-refractivity contribution in [1.82, 2.24) is 9.29 Å². The van der Waals surface area contributed by atoms with Crippen LogP contribution in [0, 0.1) is 5.92 Å². The third-order valence-corrected chi connectivity index (χ3v) is 5.92. The maximum atomic E-state index is 12.9. The molecule has 0 aliphatic carbocycles. The van der Waals surface area contributed by atoms with Crippen LogP contribution >= 0.6 is 0 Å². The molecule has 1 aliphatic heterocycles. The fourth-order valence-electron chi connectivity index (χ4n) is 2.71. The summed E-state index contributed by atoms with van der Waals surface area (Å²) in [5.41, 5.74) is 0.658. The zero-order valence-electron chi connectivity index (χ0n) is 12.9. The first-order chi connectivity index (χ1) is 10.1. The maximum Gasteiger partial charge on any atom is 0.246 e. The predicted molar refractivity (Wildman–Crippen MR) is 84.8 cm³/mol. The Kier molecular flexibility index (Phi) is 5.58. The van der Waals surface area contributed by atoms with Crippen LogP contribution in [0.2, 0.25) is 0 Å². The highest BCUT2D eigenvalue weighted by atomic mass is 32.2. The van der Waals surface area contributed by atoms with Gasteiger partial charge >= 0.3 is 0 Å². The Morgan fingerprint density at radius 2 is 2.24 bits per heavy atom. The van der Waals surface area contributed by atoms with Crippen LogP contribution in [-0.4, -0.2) is 37.3 Å². The normalized spacial score (nSPS) is 20.4. The zero-order chi connectivity index (χ0) is 15.3. The lowest BCUT2D eigenvalue weighted by molar-refractivity contribution is 0.261. The van der Waals surface area contributed by atoms with Crippen molar-refractivity contribution in [3.05, 3.63) is 18.5 Å². The number of anilines is 1. The van der Waals surface area contributed by atoms with Crippen LogP contribution in [0.5, 0.6) is 0 Å². The third-order valence-electron chi connectivity index (χ3n) is 4.03. The number of piperidine rings is 1. The molecule has 1 N–H and O–H groups in total. The monoisotopic (exact) mass is 311 g/mol. The van der Waals surface area contributed by atoms with Crippen molar-refractivity contribution in [2.75, 3.05) is 25.0 Å². The lowest BCUT2D eigenvalue weighted by Gasteiger charge is -2.31. The van der Waals surface area contributed by atoms with Crippen LogP contribution in [0.25, 0.3) is 0 Å². The van der Waals surface area contributed by atoms with Gasteiger partial charge in [-0.3, -0.25) is 4.98 Å². The van der Waals surface area contributed by atoms with Gasteiger partial charge in [0.2, 0.25) is 10.0 Å². The van der Waals surface area contributed by atoms with Crippen molar-refractivity contribution in [1.29, 1.82) is 0 Å². The highest BCUT2D eigenvalue weighted by molar-refractivity contribution is 7.89. The molecule has 1 saturated heterocycles. The van der Waals surface area contributed by atoms with E-state index < -0.39 is 10.0 Å². The van der Waals surface area contributed by atoms with E-state index in [-0.39, 0.29) is 0 Å². The summed E-state index contributed by atoms with van der Waals surface area (Å²) in [7, 11) is -3.46. The highest BCUT2D eigenvalue weighted by Gasteiger charge is 2.31. The molecule has 0 saturated carbocycles. The smallest absolute Gasteiger partial charge is 0.246 e. The fraction of sp³-hybridized carbons (Fsp3) is 0.667. The molecule has 0 radical (unpaired) electrons. The molecule has 0 spiro atoms. The van der Waals surface area contributed by atoms with E-state index in [1.165, 1.54) is 6.20 Å². The summed E-state index contributed by atoms with van der Waals surface area (Å²) >= 11 is 0. The van der Waals surface area contributed by atoms with Crippen molar-refractivity contribution in [3.63, 3.8) is 0 Å². The highest BCUT2D eigenvalue weighted by Crippen LogP contribution is 2.28. The Morgan fingerprint density at radius 1 is 1.43 bits per heavy atom. The average molecular weight is 311 g/mol. The van der Waals surface area contributed by atoms with Gasteiger partial charge in [-0.05, 0) is 31.2 Å². The molecule has 0 bridgehead atoms. The molecule has 1 aromatic heterocycles. The summed E-state index contributed by atoms with van der Waals surface area (Å²) in [4.78, 5) is 4.31. The van der Waals surface area contributed by atoms with Crippen molar-refractivity contribution in [3.8, 4) is 0 Å². The van der Waals surface area contributed by atoms with E-state index in [1.807, 2.05) is 0 Å². The van der Waals surface area contributed by atoms with Crippen LogP contribution in [-0.2, 0) is 10.0 Å². The van der Waals surface area contributed by atoms with E-state index in [1.54, 1.807) is 16.6 Å². The summed E-state index contributed by atoms with van der Waals surface area (Å²) in [6.45, 7) is 6.17. The number of pyridine rings is 1. The summed E-state index contributed by atoms with van der Waals surface area (Å²) < 4.78 is 27.4. The maximum absolute atomic E-state index is 12.9. The molecule has 0 aromatic carbocycles. The van der Waals surface area contributed by atoms with Gasteiger partial charge in [-0.15, -0.1) is 0 Å². The molecular formula is C15H25N3O2S. The molecule has 1 unspecified atom stereocenters. The van der Waals surface area contributed by atoms with Crippen LogP contribution in [0.15, 0.2) is 23.4 Å². The topological polar surface area (TPSA) is 62.3 Å². The first-order valence-corrected chi connectivity index (χ1v) is 9.21. The van der Waals surface area contributed by atoms with Gasteiger partial charge in [0.05, 0.1) is 5.69 Å². The van der Waals surface area contributed by atoms with E-state index in [0.717, 1.165) is 32.2 Å². The number of nitrogens with zero attached hydrogens (tertiary/aromatic N) is 2. The van der Waals surface area contributed by atoms with E-state index in [9.17, 15) is 8.42 Å². The van der Waals surface area contributed by atoms with Gasteiger partial charge in [-0.25, -0.2) is 8.42 Å². The van der Waals surface area contributed by atoms with Gasteiger partial charge in [0.15, 0.2) is 0 Å². The van der Waals surface area contributed by atoms with Gasteiger partial charge in [-0.2, -0.15) is 4.31 Å². The minimum absolute atomic E-state index is 0.301. The molecule has 5 nitrogen and oxygen atoms in total. The molecule has 21 heavy (non-hydrogen) atoms. The van der Waals surface area contributed by atoms with Crippen molar-refractivity contribution in [2.45, 2.75) is 44.4 Å². The Bertz CT molecular complexity index is 560. The first-order valence-electron chi connectivity index (χ1n) is 7.77. The van der Waals surface area contributed by atoms with Gasteiger partial charge in [0.1, 0.15) is 4.90 Å².